The van der Waals surface area contributed by atoms with Crippen molar-refractivity contribution in [3.05, 3.63) is 0 Å². The van der Waals surface area contributed by atoms with E-state index < -0.39 is 4.32 Å². The number of carbonyl (C=O) groups excluding carboxylic acids is 1. The molecule has 2 unspecified atom stereocenters. The molecule has 4 aliphatic carbocycles. The Morgan fingerprint density at radius 1 is 1.32 bits per heavy atom. The molecule has 0 saturated heterocycles. The summed E-state index contributed by atoms with van der Waals surface area (Å²) in [5.74, 6) is 1.69. The van der Waals surface area contributed by atoms with Gasteiger partial charge in [-0.05, 0) is 69.6 Å². The minimum Gasteiger partial charge on any atom is -0.354 e. The highest BCUT2D eigenvalue weighted by atomic mass is 79.9. The average Bonchev–Trinajstić information content (AvgIpc) is 2.21. The Labute approximate surface area is 129 Å². The molecule has 1 N–H and O–H groups in total. The third-order valence-electron chi connectivity index (χ3n) is 5.27. The summed E-state index contributed by atoms with van der Waals surface area (Å²) >= 11 is 10.2. The first-order chi connectivity index (χ1) is 8.70. The number of rotatable bonds is 3. The molecule has 0 spiro atoms. The summed E-state index contributed by atoms with van der Waals surface area (Å²) in [6, 6.07) is 0. The highest BCUT2D eigenvalue weighted by Crippen LogP contribution is 2.63. The van der Waals surface area contributed by atoms with Gasteiger partial charge in [0.15, 0.2) is 0 Å². The highest BCUT2D eigenvalue weighted by Gasteiger charge is 2.57. The van der Waals surface area contributed by atoms with Crippen molar-refractivity contribution in [1.29, 1.82) is 0 Å². The lowest BCUT2D eigenvalue weighted by Gasteiger charge is -2.60. The zero-order chi connectivity index (χ0) is 13.9. The van der Waals surface area contributed by atoms with E-state index in [0.717, 1.165) is 24.8 Å². The third-order valence-corrected chi connectivity index (χ3v) is 6.08. The molecule has 4 saturated carbocycles. The lowest BCUT2D eigenvalue weighted by molar-refractivity contribution is -0.124. The normalized spacial score (nSPS) is 44.4. The Kier molecular flexibility index (Phi) is 3.26. The molecule has 0 heterocycles. The Balaban J connectivity index is 1.69. The molecule has 0 aromatic heterocycles. The van der Waals surface area contributed by atoms with E-state index in [1.165, 1.54) is 32.1 Å². The fraction of sp³-hybridized carbons (Fsp3) is 0.933. The summed E-state index contributed by atoms with van der Waals surface area (Å²) in [6.07, 6.45) is 7.39. The van der Waals surface area contributed by atoms with Gasteiger partial charge in [-0.3, -0.25) is 4.79 Å². The lowest BCUT2D eigenvalue weighted by Crippen LogP contribution is -2.57. The maximum Gasteiger partial charge on any atom is 0.236 e. The topological polar surface area (TPSA) is 29.1 Å². The van der Waals surface area contributed by atoms with E-state index >= 15 is 0 Å². The molecule has 4 bridgehead atoms. The molecule has 0 aromatic rings. The first-order valence-electron chi connectivity index (χ1n) is 7.36. The van der Waals surface area contributed by atoms with Crippen LogP contribution in [0.1, 0.15) is 52.4 Å². The van der Waals surface area contributed by atoms with Crippen LogP contribution >= 0.6 is 27.5 Å². The van der Waals surface area contributed by atoms with Crippen LogP contribution in [0.3, 0.4) is 0 Å². The number of hydrogen-bond acceptors (Lipinski definition) is 1. The van der Waals surface area contributed by atoms with E-state index in [1.807, 2.05) is 13.8 Å². The zero-order valence-electron chi connectivity index (χ0n) is 11.8. The molecule has 1 amide bonds. The number of alkyl halides is 2. The largest absolute Gasteiger partial charge is 0.354 e. The molecule has 2 nitrogen and oxygen atoms in total. The molecular weight excluding hydrogens is 326 g/mol. The van der Waals surface area contributed by atoms with Gasteiger partial charge in [-0.2, -0.15) is 0 Å². The van der Waals surface area contributed by atoms with Gasteiger partial charge in [0.1, 0.15) is 0 Å². The molecule has 0 aliphatic heterocycles. The van der Waals surface area contributed by atoms with Crippen LogP contribution < -0.4 is 5.32 Å². The van der Waals surface area contributed by atoms with Gasteiger partial charge in [0.05, 0.1) is 4.32 Å². The fourth-order valence-corrected chi connectivity index (χ4v) is 5.88. The number of carbonyl (C=O) groups is 1. The molecule has 0 radical (unpaired) electrons. The van der Waals surface area contributed by atoms with Gasteiger partial charge in [0.2, 0.25) is 5.91 Å². The van der Waals surface area contributed by atoms with Crippen LogP contribution in [-0.4, -0.2) is 21.7 Å². The van der Waals surface area contributed by atoms with Crippen LogP contribution in [0.2, 0.25) is 0 Å². The summed E-state index contributed by atoms with van der Waals surface area (Å²) in [5, 5.41) is 3.15. The second-order valence-electron chi connectivity index (χ2n) is 7.77. The first kappa shape index (κ1) is 14.2. The first-order valence-corrected chi connectivity index (χ1v) is 8.53. The van der Waals surface area contributed by atoms with Crippen molar-refractivity contribution in [2.75, 3.05) is 6.54 Å². The fourth-order valence-electron chi connectivity index (χ4n) is 5.02. The second kappa shape index (κ2) is 4.37. The predicted octanol–water partition coefficient (Wildman–Crippen LogP) is 3.85. The van der Waals surface area contributed by atoms with E-state index in [2.05, 4.69) is 21.2 Å². The number of amides is 1. The number of halogens is 2. The quantitative estimate of drug-likeness (QED) is 0.771. The molecule has 2 atom stereocenters. The number of hydrogen-bond donors (Lipinski definition) is 1. The predicted molar refractivity (Wildman–Crippen MR) is 81.7 cm³/mol. The molecule has 108 valence electrons. The third kappa shape index (κ3) is 2.70. The van der Waals surface area contributed by atoms with Crippen molar-refractivity contribution >= 4 is 33.4 Å². The van der Waals surface area contributed by atoms with Crippen LogP contribution in [0.15, 0.2) is 0 Å². The molecule has 4 heteroatoms. The molecule has 4 fully saturated rings. The number of nitrogens with one attached hydrogen (secondary N) is 1. The van der Waals surface area contributed by atoms with Crippen molar-refractivity contribution < 1.29 is 4.79 Å². The maximum atomic E-state index is 12.0. The standard InChI is InChI=1S/C15H23BrClNO/c1-13(2,16)12(19)18-9-14-4-10-3-11(5-14)7-15(17,6-10)8-14/h10-11H,3-9H2,1-2H3,(H,18,19). The van der Waals surface area contributed by atoms with E-state index in [-0.39, 0.29) is 16.2 Å². The lowest BCUT2D eigenvalue weighted by atomic mass is 9.49. The van der Waals surface area contributed by atoms with Gasteiger partial charge in [-0.1, -0.05) is 15.9 Å². The SMILES string of the molecule is CC(C)(Br)C(=O)NCC12CC3CC(CC(Cl)(C3)C1)C2. The van der Waals surface area contributed by atoms with E-state index in [1.54, 1.807) is 0 Å². The smallest absolute Gasteiger partial charge is 0.236 e. The van der Waals surface area contributed by atoms with Crippen LogP contribution in [-0.2, 0) is 4.79 Å². The molecule has 4 aliphatic rings. The van der Waals surface area contributed by atoms with Gasteiger partial charge in [-0.25, -0.2) is 0 Å². The van der Waals surface area contributed by atoms with Gasteiger partial charge in [0, 0.05) is 11.4 Å². The molecule has 19 heavy (non-hydrogen) atoms. The summed E-state index contributed by atoms with van der Waals surface area (Å²) in [4.78, 5) is 12.1. The van der Waals surface area contributed by atoms with Crippen LogP contribution in [0.5, 0.6) is 0 Å². The Morgan fingerprint density at radius 2 is 1.89 bits per heavy atom. The Morgan fingerprint density at radius 3 is 2.37 bits per heavy atom. The summed E-state index contributed by atoms with van der Waals surface area (Å²) in [6.45, 7) is 4.60. The Bertz CT molecular complexity index is 389. The molecule has 4 rings (SSSR count). The van der Waals surface area contributed by atoms with Crippen molar-refractivity contribution in [1.82, 2.24) is 5.32 Å². The van der Waals surface area contributed by atoms with E-state index in [9.17, 15) is 4.79 Å². The van der Waals surface area contributed by atoms with Gasteiger partial charge < -0.3 is 5.32 Å². The second-order valence-corrected chi connectivity index (χ2v) is 10.6. The summed E-state index contributed by atoms with van der Waals surface area (Å²) < 4.78 is -0.478. The Hall–Kier alpha value is 0.240. The summed E-state index contributed by atoms with van der Waals surface area (Å²) in [7, 11) is 0. The van der Waals surface area contributed by atoms with Crippen LogP contribution in [0, 0.1) is 17.3 Å². The van der Waals surface area contributed by atoms with E-state index in [4.69, 9.17) is 11.6 Å². The van der Waals surface area contributed by atoms with E-state index in [0.29, 0.717) is 0 Å². The van der Waals surface area contributed by atoms with Gasteiger partial charge >= 0.3 is 0 Å². The zero-order valence-corrected chi connectivity index (χ0v) is 14.1. The van der Waals surface area contributed by atoms with Crippen molar-refractivity contribution in [2.45, 2.75) is 61.6 Å². The van der Waals surface area contributed by atoms with Gasteiger partial charge in [-0.15, -0.1) is 11.6 Å². The highest BCUT2D eigenvalue weighted by molar-refractivity contribution is 9.10. The van der Waals surface area contributed by atoms with Crippen molar-refractivity contribution in [3.8, 4) is 0 Å². The van der Waals surface area contributed by atoms with Gasteiger partial charge in [0.25, 0.3) is 0 Å². The van der Waals surface area contributed by atoms with Crippen LogP contribution in [0.25, 0.3) is 0 Å². The monoisotopic (exact) mass is 347 g/mol. The summed E-state index contributed by atoms with van der Waals surface area (Å²) in [5.41, 5.74) is 0.278. The minimum absolute atomic E-state index is 0.0404. The average molecular weight is 349 g/mol. The maximum absolute atomic E-state index is 12.0. The van der Waals surface area contributed by atoms with Crippen molar-refractivity contribution in [2.24, 2.45) is 17.3 Å². The minimum atomic E-state index is -0.478. The van der Waals surface area contributed by atoms with Crippen LogP contribution in [0.4, 0.5) is 0 Å². The van der Waals surface area contributed by atoms with Crippen molar-refractivity contribution in [3.63, 3.8) is 0 Å². The molecular formula is C15H23BrClNO. The molecule has 0 aromatic carbocycles.